The van der Waals surface area contributed by atoms with Crippen LogP contribution in [0.1, 0.15) is 11.5 Å². The first kappa shape index (κ1) is 12.0. The van der Waals surface area contributed by atoms with Gasteiger partial charge in [0.1, 0.15) is 0 Å². The normalized spacial score (nSPS) is 16.1. The van der Waals surface area contributed by atoms with Crippen LogP contribution < -0.4 is 0 Å². The standard InChI is InChI=1S/C10H11F3O2/c11-10(12,13)9(15)8(6-14)7-4-2-1-3-5-7/h1-5,8-9,14-15H,6H2/t8-,9-/m1/s1. The van der Waals surface area contributed by atoms with Crippen LogP contribution in [-0.4, -0.2) is 29.1 Å². The van der Waals surface area contributed by atoms with Crippen LogP contribution in [0.4, 0.5) is 13.2 Å². The van der Waals surface area contributed by atoms with Gasteiger partial charge in [0.2, 0.25) is 0 Å². The van der Waals surface area contributed by atoms with Crippen molar-refractivity contribution in [3.63, 3.8) is 0 Å². The van der Waals surface area contributed by atoms with Crippen LogP contribution in [0, 0.1) is 0 Å². The van der Waals surface area contributed by atoms with Gasteiger partial charge in [0.25, 0.3) is 0 Å². The molecule has 84 valence electrons. The third-order valence-corrected chi connectivity index (χ3v) is 2.14. The molecule has 0 unspecified atom stereocenters. The molecular weight excluding hydrogens is 209 g/mol. The second-order valence-corrected chi connectivity index (χ2v) is 3.19. The van der Waals surface area contributed by atoms with Crippen molar-refractivity contribution in [3.8, 4) is 0 Å². The minimum absolute atomic E-state index is 0.268. The SMILES string of the molecule is OC[C@H](c1ccccc1)[C@@H](O)C(F)(F)F. The molecule has 0 amide bonds. The Hall–Kier alpha value is -1.07. The Morgan fingerprint density at radius 3 is 2.07 bits per heavy atom. The van der Waals surface area contributed by atoms with Crippen LogP contribution >= 0.6 is 0 Å². The molecule has 1 aromatic carbocycles. The van der Waals surface area contributed by atoms with Crippen molar-refractivity contribution in [2.45, 2.75) is 18.2 Å². The van der Waals surface area contributed by atoms with Crippen LogP contribution in [0.5, 0.6) is 0 Å². The molecule has 0 saturated carbocycles. The largest absolute Gasteiger partial charge is 0.415 e. The average Bonchev–Trinajstić information content (AvgIpc) is 2.19. The predicted octanol–water partition coefficient (Wildman–Crippen LogP) is 1.69. The lowest BCUT2D eigenvalue weighted by atomic mass is 9.94. The zero-order valence-electron chi connectivity index (χ0n) is 7.78. The van der Waals surface area contributed by atoms with Gasteiger partial charge >= 0.3 is 6.18 Å². The van der Waals surface area contributed by atoms with E-state index in [1.807, 2.05) is 0 Å². The van der Waals surface area contributed by atoms with E-state index >= 15 is 0 Å². The van der Waals surface area contributed by atoms with Gasteiger partial charge in [0, 0.05) is 5.92 Å². The molecule has 2 atom stereocenters. The lowest BCUT2D eigenvalue weighted by Crippen LogP contribution is -2.36. The number of halogens is 3. The molecular formula is C10H11F3O2. The van der Waals surface area contributed by atoms with E-state index in [1.54, 1.807) is 18.2 Å². The van der Waals surface area contributed by atoms with Gasteiger partial charge in [-0.25, -0.2) is 0 Å². The molecule has 2 N–H and O–H groups in total. The fraction of sp³-hybridized carbons (Fsp3) is 0.400. The summed E-state index contributed by atoms with van der Waals surface area (Å²) in [4.78, 5) is 0. The van der Waals surface area contributed by atoms with E-state index in [2.05, 4.69) is 0 Å². The van der Waals surface area contributed by atoms with E-state index in [4.69, 9.17) is 10.2 Å². The summed E-state index contributed by atoms with van der Waals surface area (Å²) in [6.45, 7) is -0.745. The first-order valence-electron chi connectivity index (χ1n) is 4.37. The van der Waals surface area contributed by atoms with Crippen LogP contribution in [0.2, 0.25) is 0 Å². The highest BCUT2D eigenvalue weighted by Crippen LogP contribution is 2.31. The molecule has 0 heterocycles. The van der Waals surface area contributed by atoms with Crippen molar-refractivity contribution in [1.82, 2.24) is 0 Å². The summed E-state index contributed by atoms with van der Waals surface area (Å²) in [6, 6.07) is 7.64. The van der Waals surface area contributed by atoms with E-state index < -0.39 is 24.8 Å². The number of hydrogen-bond acceptors (Lipinski definition) is 2. The highest BCUT2D eigenvalue weighted by Gasteiger charge is 2.43. The van der Waals surface area contributed by atoms with Crippen molar-refractivity contribution < 1.29 is 23.4 Å². The van der Waals surface area contributed by atoms with Crippen LogP contribution in [-0.2, 0) is 0 Å². The number of hydrogen-bond donors (Lipinski definition) is 2. The zero-order valence-corrected chi connectivity index (χ0v) is 7.78. The monoisotopic (exact) mass is 220 g/mol. The topological polar surface area (TPSA) is 40.5 Å². The summed E-state index contributed by atoms with van der Waals surface area (Å²) in [7, 11) is 0. The highest BCUT2D eigenvalue weighted by molar-refractivity contribution is 5.21. The van der Waals surface area contributed by atoms with E-state index in [0.717, 1.165) is 0 Å². The molecule has 0 radical (unpaired) electrons. The first-order chi connectivity index (χ1) is 6.96. The van der Waals surface area contributed by atoms with Gasteiger partial charge < -0.3 is 10.2 Å². The molecule has 15 heavy (non-hydrogen) atoms. The number of rotatable bonds is 3. The summed E-state index contributed by atoms with van der Waals surface area (Å²) >= 11 is 0. The molecule has 0 aromatic heterocycles. The van der Waals surface area contributed by atoms with Crippen LogP contribution in [0.3, 0.4) is 0 Å². The molecule has 1 rings (SSSR count). The minimum Gasteiger partial charge on any atom is -0.396 e. The van der Waals surface area contributed by atoms with Crippen molar-refractivity contribution in [2.24, 2.45) is 0 Å². The summed E-state index contributed by atoms with van der Waals surface area (Å²) in [5, 5.41) is 17.9. The van der Waals surface area contributed by atoms with Crippen molar-refractivity contribution in [2.75, 3.05) is 6.61 Å². The van der Waals surface area contributed by atoms with E-state index in [-0.39, 0.29) is 5.56 Å². The molecule has 0 aliphatic carbocycles. The third kappa shape index (κ3) is 2.94. The number of benzene rings is 1. The van der Waals surface area contributed by atoms with Crippen molar-refractivity contribution >= 4 is 0 Å². The lowest BCUT2D eigenvalue weighted by molar-refractivity contribution is -0.213. The molecule has 0 saturated heterocycles. The Morgan fingerprint density at radius 2 is 1.67 bits per heavy atom. The fourth-order valence-electron chi connectivity index (χ4n) is 1.32. The molecule has 1 aromatic rings. The van der Waals surface area contributed by atoms with Crippen molar-refractivity contribution in [1.29, 1.82) is 0 Å². The number of aliphatic hydroxyl groups is 2. The maximum Gasteiger partial charge on any atom is 0.415 e. The Balaban J connectivity index is 2.90. The van der Waals surface area contributed by atoms with E-state index in [9.17, 15) is 13.2 Å². The van der Waals surface area contributed by atoms with Gasteiger partial charge in [-0.2, -0.15) is 13.2 Å². The number of aliphatic hydroxyl groups excluding tert-OH is 2. The van der Waals surface area contributed by atoms with Gasteiger partial charge in [0.15, 0.2) is 6.10 Å². The Labute approximate surface area is 85.0 Å². The molecule has 2 nitrogen and oxygen atoms in total. The summed E-state index contributed by atoms with van der Waals surface area (Å²) in [5.74, 6) is -1.33. The smallest absolute Gasteiger partial charge is 0.396 e. The van der Waals surface area contributed by atoms with E-state index in [0.29, 0.717) is 0 Å². The molecule has 0 bridgehead atoms. The van der Waals surface area contributed by atoms with Gasteiger partial charge in [-0.1, -0.05) is 30.3 Å². The Bertz CT molecular complexity index is 297. The van der Waals surface area contributed by atoms with Gasteiger partial charge in [0.05, 0.1) is 6.61 Å². The van der Waals surface area contributed by atoms with Crippen LogP contribution in [0.15, 0.2) is 30.3 Å². The second kappa shape index (κ2) is 4.63. The summed E-state index contributed by atoms with van der Waals surface area (Å²) in [6.07, 6.45) is -7.26. The first-order valence-corrected chi connectivity index (χ1v) is 4.37. The molecule has 5 heteroatoms. The third-order valence-electron chi connectivity index (χ3n) is 2.14. The van der Waals surface area contributed by atoms with Crippen LogP contribution in [0.25, 0.3) is 0 Å². The highest BCUT2D eigenvalue weighted by atomic mass is 19.4. The quantitative estimate of drug-likeness (QED) is 0.813. The van der Waals surface area contributed by atoms with Crippen molar-refractivity contribution in [3.05, 3.63) is 35.9 Å². The van der Waals surface area contributed by atoms with Gasteiger partial charge in [-0.15, -0.1) is 0 Å². The summed E-state index contributed by atoms with van der Waals surface area (Å²) in [5.41, 5.74) is 0.268. The maximum atomic E-state index is 12.2. The maximum absolute atomic E-state index is 12.2. The average molecular weight is 220 g/mol. The molecule has 0 spiro atoms. The second-order valence-electron chi connectivity index (χ2n) is 3.19. The summed E-state index contributed by atoms with van der Waals surface area (Å²) < 4.78 is 36.6. The van der Waals surface area contributed by atoms with E-state index in [1.165, 1.54) is 12.1 Å². The van der Waals surface area contributed by atoms with Gasteiger partial charge in [-0.3, -0.25) is 0 Å². The zero-order chi connectivity index (χ0) is 11.5. The Morgan fingerprint density at radius 1 is 1.13 bits per heavy atom. The van der Waals surface area contributed by atoms with Gasteiger partial charge in [-0.05, 0) is 5.56 Å². The molecule has 0 aliphatic rings. The Kier molecular flexibility index (Phi) is 3.71. The number of alkyl halides is 3. The molecule has 0 aliphatic heterocycles. The predicted molar refractivity (Wildman–Crippen MR) is 48.3 cm³/mol. The fourth-order valence-corrected chi connectivity index (χ4v) is 1.32. The molecule has 0 fully saturated rings. The minimum atomic E-state index is -4.72. The lowest BCUT2D eigenvalue weighted by Gasteiger charge is -2.23.